The highest BCUT2D eigenvalue weighted by Gasteiger charge is 2.18. The van der Waals surface area contributed by atoms with E-state index >= 15 is 0 Å². The van der Waals surface area contributed by atoms with Gasteiger partial charge in [0.05, 0.1) is 6.54 Å². The molecule has 0 fully saturated rings. The molecule has 2 rings (SSSR count). The Hall–Kier alpha value is -1.32. The van der Waals surface area contributed by atoms with Crippen LogP contribution in [0.15, 0.2) is 28.7 Å². The van der Waals surface area contributed by atoms with Gasteiger partial charge in [0.25, 0.3) is 0 Å². The van der Waals surface area contributed by atoms with Gasteiger partial charge in [-0.1, -0.05) is 18.2 Å². The van der Waals surface area contributed by atoms with Crippen LogP contribution in [0.4, 0.5) is 0 Å². The average molecular weight is 288 g/mol. The molecule has 0 saturated carbocycles. The monoisotopic (exact) mass is 288 g/mol. The summed E-state index contributed by atoms with van der Waals surface area (Å²) in [5.41, 5.74) is 2.37. The smallest absolute Gasteiger partial charge is 0.134 e. The third kappa shape index (κ3) is 4.08. The van der Waals surface area contributed by atoms with Crippen molar-refractivity contribution in [1.82, 2.24) is 10.2 Å². The quantitative estimate of drug-likeness (QED) is 0.895. The van der Waals surface area contributed by atoms with Crippen LogP contribution in [-0.2, 0) is 13.1 Å². The van der Waals surface area contributed by atoms with Gasteiger partial charge in [0.2, 0.25) is 0 Å². The van der Waals surface area contributed by atoms with Crippen LogP contribution in [0.1, 0.15) is 45.9 Å². The molecule has 1 aromatic carbocycles. The standard InChI is InChI=1S/C18H28N2O/c1-13(2)20(6)12-15-14-9-7-8-10-16(14)21-17(15)11-19-18(3,4)5/h7-10,13,19H,11-12H2,1-6H3. The van der Waals surface area contributed by atoms with Gasteiger partial charge >= 0.3 is 0 Å². The average Bonchev–Trinajstić information content (AvgIpc) is 2.74. The second kappa shape index (κ2) is 6.20. The number of nitrogens with one attached hydrogen (secondary N) is 1. The van der Waals surface area contributed by atoms with E-state index in [9.17, 15) is 0 Å². The summed E-state index contributed by atoms with van der Waals surface area (Å²) >= 11 is 0. The van der Waals surface area contributed by atoms with Crippen molar-refractivity contribution in [2.24, 2.45) is 0 Å². The van der Waals surface area contributed by atoms with Crippen LogP contribution in [0.2, 0.25) is 0 Å². The predicted molar refractivity (Wildman–Crippen MR) is 89.4 cm³/mol. The fourth-order valence-corrected chi connectivity index (χ4v) is 2.24. The molecule has 0 spiro atoms. The minimum absolute atomic E-state index is 0.0835. The minimum atomic E-state index is 0.0835. The zero-order chi connectivity index (χ0) is 15.6. The molecule has 0 atom stereocenters. The van der Waals surface area contributed by atoms with Crippen molar-refractivity contribution in [3.63, 3.8) is 0 Å². The zero-order valence-corrected chi connectivity index (χ0v) is 14.2. The molecule has 2 aromatic rings. The summed E-state index contributed by atoms with van der Waals surface area (Å²) in [6, 6.07) is 8.83. The van der Waals surface area contributed by atoms with Crippen molar-refractivity contribution in [2.45, 2.75) is 59.3 Å². The van der Waals surface area contributed by atoms with Crippen LogP contribution < -0.4 is 5.32 Å². The first kappa shape index (κ1) is 16.1. The van der Waals surface area contributed by atoms with E-state index in [1.807, 2.05) is 6.07 Å². The van der Waals surface area contributed by atoms with Gasteiger partial charge in [-0.3, -0.25) is 4.90 Å². The predicted octanol–water partition coefficient (Wildman–Crippen LogP) is 4.16. The Morgan fingerprint density at radius 2 is 1.86 bits per heavy atom. The van der Waals surface area contributed by atoms with Crippen LogP contribution in [0.5, 0.6) is 0 Å². The van der Waals surface area contributed by atoms with Gasteiger partial charge in [0.1, 0.15) is 11.3 Å². The Morgan fingerprint density at radius 1 is 1.19 bits per heavy atom. The molecule has 0 aliphatic heterocycles. The lowest BCUT2D eigenvalue weighted by atomic mass is 10.1. The number of hydrogen-bond acceptors (Lipinski definition) is 3. The SMILES string of the molecule is CC(C)N(C)Cc1c(CNC(C)(C)C)oc2ccccc12. The van der Waals surface area contributed by atoms with Crippen molar-refractivity contribution in [1.29, 1.82) is 0 Å². The Morgan fingerprint density at radius 3 is 2.48 bits per heavy atom. The number of nitrogens with zero attached hydrogens (tertiary/aromatic N) is 1. The fraction of sp³-hybridized carbons (Fsp3) is 0.556. The maximum Gasteiger partial charge on any atom is 0.134 e. The summed E-state index contributed by atoms with van der Waals surface area (Å²) in [6.07, 6.45) is 0. The number of benzene rings is 1. The first-order chi connectivity index (χ1) is 9.78. The second-order valence-electron chi connectivity index (χ2n) is 7.11. The van der Waals surface area contributed by atoms with Crippen molar-refractivity contribution in [3.05, 3.63) is 35.6 Å². The Bertz CT molecular complexity index is 593. The summed E-state index contributed by atoms with van der Waals surface area (Å²) in [4.78, 5) is 2.35. The maximum absolute atomic E-state index is 6.09. The minimum Gasteiger partial charge on any atom is -0.459 e. The van der Waals surface area contributed by atoms with Crippen LogP contribution in [0, 0.1) is 0 Å². The summed E-state index contributed by atoms with van der Waals surface area (Å²) in [5, 5.41) is 4.76. The van der Waals surface area contributed by atoms with Gasteiger partial charge in [0, 0.05) is 29.1 Å². The molecule has 3 heteroatoms. The van der Waals surface area contributed by atoms with Crippen molar-refractivity contribution < 1.29 is 4.42 Å². The molecule has 0 bridgehead atoms. The summed E-state index contributed by atoms with van der Waals surface area (Å²) < 4.78 is 6.09. The number of fused-ring (bicyclic) bond motifs is 1. The fourth-order valence-electron chi connectivity index (χ4n) is 2.24. The van der Waals surface area contributed by atoms with Gasteiger partial charge in [-0.25, -0.2) is 0 Å². The Balaban J connectivity index is 2.34. The molecule has 0 amide bonds. The second-order valence-corrected chi connectivity index (χ2v) is 7.11. The number of hydrogen-bond donors (Lipinski definition) is 1. The molecule has 3 nitrogen and oxygen atoms in total. The molecule has 0 radical (unpaired) electrons. The van der Waals surface area contributed by atoms with Crippen molar-refractivity contribution in [2.75, 3.05) is 7.05 Å². The largest absolute Gasteiger partial charge is 0.459 e. The first-order valence-electron chi connectivity index (χ1n) is 7.72. The van der Waals surface area contributed by atoms with Crippen LogP contribution >= 0.6 is 0 Å². The molecule has 1 N–H and O–H groups in total. The molecule has 0 aliphatic carbocycles. The number of rotatable bonds is 5. The van der Waals surface area contributed by atoms with Gasteiger partial charge in [-0.15, -0.1) is 0 Å². The summed E-state index contributed by atoms with van der Waals surface area (Å²) in [7, 11) is 2.16. The first-order valence-corrected chi connectivity index (χ1v) is 7.72. The van der Waals surface area contributed by atoms with E-state index in [2.05, 4.69) is 70.1 Å². The van der Waals surface area contributed by atoms with Gasteiger partial charge in [-0.2, -0.15) is 0 Å². The highest BCUT2D eigenvalue weighted by atomic mass is 16.3. The van der Waals surface area contributed by atoms with E-state index in [-0.39, 0.29) is 5.54 Å². The van der Waals surface area contributed by atoms with Crippen molar-refractivity contribution >= 4 is 11.0 Å². The lowest BCUT2D eigenvalue weighted by molar-refractivity contribution is 0.263. The van der Waals surface area contributed by atoms with Crippen molar-refractivity contribution in [3.8, 4) is 0 Å². The molecular weight excluding hydrogens is 260 g/mol. The van der Waals surface area contributed by atoms with Gasteiger partial charge < -0.3 is 9.73 Å². The van der Waals surface area contributed by atoms with E-state index in [1.54, 1.807) is 0 Å². The van der Waals surface area contributed by atoms with Gasteiger partial charge in [0.15, 0.2) is 0 Å². The van der Waals surface area contributed by atoms with Crippen LogP contribution in [0.25, 0.3) is 11.0 Å². The summed E-state index contributed by atoms with van der Waals surface area (Å²) in [6.45, 7) is 12.6. The lowest BCUT2D eigenvalue weighted by Gasteiger charge is -2.23. The zero-order valence-electron chi connectivity index (χ0n) is 14.2. The molecule has 21 heavy (non-hydrogen) atoms. The summed E-state index contributed by atoms with van der Waals surface area (Å²) in [5.74, 6) is 1.05. The molecule has 116 valence electrons. The topological polar surface area (TPSA) is 28.4 Å². The van der Waals surface area contributed by atoms with Crippen LogP contribution in [-0.4, -0.2) is 23.5 Å². The number of furan rings is 1. The highest BCUT2D eigenvalue weighted by Crippen LogP contribution is 2.27. The maximum atomic E-state index is 6.09. The molecule has 1 heterocycles. The van der Waals surface area contributed by atoms with Crippen LogP contribution in [0.3, 0.4) is 0 Å². The van der Waals surface area contributed by atoms with Gasteiger partial charge in [-0.05, 0) is 47.7 Å². The molecule has 0 unspecified atom stereocenters. The number of para-hydroxylation sites is 1. The third-order valence-electron chi connectivity index (χ3n) is 3.85. The lowest BCUT2D eigenvalue weighted by Crippen LogP contribution is -2.35. The van der Waals surface area contributed by atoms with E-state index in [1.165, 1.54) is 10.9 Å². The molecule has 1 aromatic heterocycles. The molecular formula is C18H28N2O. The molecule has 0 saturated heterocycles. The van der Waals surface area contributed by atoms with E-state index < -0.39 is 0 Å². The van der Waals surface area contributed by atoms with E-state index in [0.29, 0.717) is 6.04 Å². The normalized spacial score (nSPS) is 12.8. The highest BCUT2D eigenvalue weighted by molar-refractivity contribution is 5.82. The third-order valence-corrected chi connectivity index (χ3v) is 3.85. The Labute approximate surface area is 128 Å². The molecule has 0 aliphatic rings. The van der Waals surface area contributed by atoms with E-state index in [0.717, 1.165) is 24.4 Å². The Kier molecular flexibility index (Phi) is 4.74. The van der Waals surface area contributed by atoms with E-state index in [4.69, 9.17) is 4.42 Å².